The van der Waals surface area contributed by atoms with Crippen molar-refractivity contribution in [2.24, 2.45) is 5.92 Å². The fraction of sp³-hybridized carbons (Fsp3) is 0.611. The predicted octanol–water partition coefficient (Wildman–Crippen LogP) is 0.380. The van der Waals surface area contributed by atoms with Crippen molar-refractivity contribution in [2.45, 2.75) is 26.0 Å². The summed E-state index contributed by atoms with van der Waals surface area (Å²) in [5.74, 6) is 0.983. The Morgan fingerprint density at radius 3 is 2.69 bits per heavy atom. The summed E-state index contributed by atoms with van der Waals surface area (Å²) in [5.41, 5.74) is 3.15. The van der Waals surface area contributed by atoms with Crippen molar-refractivity contribution in [3.63, 3.8) is 0 Å². The summed E-state index contributed by atoms with van der Waals surface area (Å²) in [6.45, 7) is 7.43. The Bertz CT molecular complexity index is 713. The first kappa shape index (κ1) is 17.4. The molecule has 0 saturated carbocycles. The number of nitrogens with one attached hydrogen (secondary N) is 1. The number of H-pyrrole nitrogens is 1. The van der Waals surface area contributed by atoms with Crippen molar-refractivity contribution >= 4 is 5.95 Å². The third-order valence-corrected chi connectivity index (χ3v) is 5.10. The molecule has 2 N–H and O–H groups in total. The molecule has 8 heteroatoms. The molecule has 2 aliphatic heterocycles. The number of aliphatic hydroxyl groups excluding tert-OH is 1. The van der Waals surface area contributed by atoms with Gasteiger partial charge in [0.1, 0.15) is 0 Å². The number of morpholine rings is 1. The molecule has 26 heavy (non-hydrogen) atoms. The van der Waals surface area contributed by atoms with Crippen LogP contribution in [0.25, 0.3) is 0 Å². The lowest BCUT2D eigenvalue weighted by atomic mass is 10.0. The summed E-state index contributed by atoms with van der Waals surface area (Å²) < 4.78 is 5.36. The van der Waals surface area contributed by atoms with E-state index in [-0.39, 0.29) is 12.0 Å². The molecule has 4 heterocycles. The highest BCUT2D eigenvalue weighted by molar-refractivity contribution is 5.30. The fourth-order valence-electron chi connectivity index (χ4n) is 3.73. The first-order valence-electron chi connectivity index (χ1n) is 9.22. The molecule has 140 valence electrons. The standard InChI is InChI=1S/C18H26N6O2/c1-13-6-16(22-21-13)7-15-11-23(12-17(15)25)10-14-8-19-18(20-9-14)24-2-4-26-5-3-24/h6,8-9,15,17,25H,2-5,7,10-12H2,1H3,(H,21,22)/t15-,17+/m1/s1. The quantitative estimate of drug-likeness (QED) is 0.798. The van der Waals surface area contributed by atoms with Gasteiger partial charge in [-0.3, -0.25) is 10.00 Å². The number of aliphatic hydroxyl groups is 1. The number of anilines is 1. The van der Waals surface area contributed by atoms with Gasteiger partial charge in [-0.25, -0.2) is 9.97 Å². The zero-order valence-electron chi connectivity index (χ0n) is 15.1. The van der Waals surface area contributed by atoms with Crippen LogP contribution in [0.2, 0.25) is 0 Å². The molecular formula is C18H26N6O2. The zero-order chi connectivity index (χ0) is 17.9. The monoisotopic (exact) mass is 358 g/mol. The Labute approximate surface area is 153 Å². The fourth-order valence-corrected chi connectivity index (χ4v) is 3.73. The maximum atomic E-state index is 10.4. The topological polar surface area (TPSA) is 90.4 Å². The van der Waals surface area contributed by atoms with Crippen LogP contribution < -0.4 is 4.90 Å². The summed E-state index contributed by atoms with van der Waals surface area (Å²) in [6, 6.07) is 2.05. The van der Waals surface area contributed by atoms with Gasteiger partial charge in [-0.1, -0.05) is 0 Å². The molecule has 8 nitrogen and oxygen atoms in total. The highest BCUT2D eigenvalue weighted by Gasteiger charge is 2.31. The van der Waals surface area contributed by atoms with E-state index in [1.54, 1.807) is 0 Å². The van der Waals surface area contributed by atoms with Crippen LogP contribution in [0.4, 0.5) is 5.95 Å². The summed E-state index contributed by atoms with van der Waals surface area (Å²) in [5, 5.41) is 17.6. The summed E-state index contributed by atoms with van der Waals surface area (Å²) in [6.07, 6.45) is 4.28. The Morgan fingerprint density at radius 2 is 2.00 bits per heavy atom. The van der Waals surface area contributed by atoms with Gasteiger partial charge in [0.15, 0.2) is 0 Å². The van der Waals surface area contributed by atoms with Crippen molar-refractivity contribution in [2.75, 3.05) is 44.3 Å². The lowest BCUT2D eigenvalue weighted by Crippen LogP contribution is -2.37. The molecule has 4 rings (SSSR count). The highest BCUT2D eigenvalue weighted by atomic mass is 16.5. The van der Waals surface area contributed by atoms with Gasteiger partial charge in [0, 0.05) is 62.3 Å². The first-order chi connectivity index (χ1) is 12.7. The number of likely N-dealkylation sites (tertiary alicyclic amines) is 1. The highest BCUT2D eigenvalue weighted by Crippen LogP contribution is 2.23. The molecule has 2 aromatic rings. The molecular weight excluding hydrogens is 332 g/mol. The van der Waals surface area contributed by atoms with E-state index >= 15 is 0 Å². The van der Waals surface area contributed by atoms with E-state index in [0.717, 1.165) is 68.7 Å². The van der Waals surface area contributed by atoms with Gasteiger partial charge in [-0.15, -0.1) is 0 Å². The van der Waals surface area contributed by atoms with Crippen LogP contribution in [-0.4, -0.2) is 75.7 Å². The average molecular weight is 358 g/mol. The molecule has 0 aromatic carbocycles. The van der Waals surface area contributed by atoms with Crippen LogP contribution in [0.5, 0.6) is 0 Å². The number of nitrogens with zero attached hydrogens (tertiary/aromatic N) is 5. The van der Waals surface area contributed by atoms with Crippen molar-refractivity contribution in [3.8, 4) is 0 Å². The predicted molar refractivity (Wildman–Crippen MR) is 96.9 cm³/mol. The van der Waals surface area contributed by atoms with Crippen molar-refractivity contribution in [3.05, 3.63) is 35.4 Å². The van der Waals surface area contributed by atoms with E-state index in [9.17, 15) is 5.11 Å². The lowest BCUT2D eigenvalue weighted by molar-refractivity contribution is 0.122. The minimum Gasteiger partial charge on any atom is -0.391 e. The van der Waals surface area contributed by atoms with Gasteiger partial charge in [0.25, 0.3) is 0 Å². The van der Waals surface area contributed by atoms with Gasteiger partial charge >= 0.3 is 0 Å². The molecule has 2 saturated heterocycles. The van der Waals surface area contributed by atoms with Crippen LogP contribution in [0.15, 0.2) is 18.5 Å². The largest absolute Gasteiger partial charge is 0.391 e. The van der Waals surface area contributed by atoms with Gasteiger partial charge in [-0.2, -0.15) is 5.10 Å². The molecule has 0 aliphatic carbocycles. The third kappa shape index (κ3) is 4.03. The number of aromatic amines is 1. The Balaban J connectivity index is 1.32. The van der Waals surface area contributed by atoms with E-state index in [0.29, 0.717) is 6.54 Å². The minimum absolute atomic E-state index is 0.214. The maximum Gasteiger partial charge on any atom is 0.225 e. The number of aromatic nitrogens is 4. The molecule has 0 radical (unpaired) electrons. The average Bonchev–Trinajstić information content (AvgIpc) is 3.22. The zero-order valence-corrected chi connectivity index (χ0v) is 15.1. The molecule has 0 spiro atoms. The summed E-state index contributed by atoms with van der Waals surface area (Å²) in [4.78, 5) is 13.4. The Morgan fingerprint density at radius 1 is 1.23 bits per heavy atom. The van der Waals surface area contributed by atoms with E-state index in [4.69, 9.17) is 4.74 Å². The minimum atomic E-state index is -0.319. The lowest BCUT2D eigenvalue weighted by Gasteiger charge is -2.26. The molecule has 2 atom stereocenters. The first-order valence-corrected chi connectivity index (χ1v) is 9.22. The normalized spacial score (nSPS) is 24.3. The van der Waals surface area contributed by atoms with Crippen molar-refractivity contribution < 1.29 is 9.84 Å². The Kier molecular flexibility index (Phi) is 5.14. The van der Waals surface area contributed by atoms with Crippen LogP contribution in [-0.2, 0) is 17.7 Å². The number of rotatable bonds is 5. The van der Waals surface area contributed by atoms with Crippen molar-refractivity contribution in [1.82, 2.24) is 25.1 Å². The second kappa shape index (κ2) is 7.69. The summed E-state index contributed by atoms with van der Waals surface area (Å²) in [7, 11) is 0. The molecule has 2 aliphatic rings. The van der Waals surface area contributed by atoms with Crippen LogP contribution >= 0.6 is 0 Å². The van der Waals surface area contributed by atoms with Crippen LogP contribution in [0, 0.1) is 12.8 Å². The van der Waals surface area contributed by atoms with Gasteiger partial charge in [0.2, 0.25) is 5.95 Å². The van der Waals surface area contributed by atoms with Gasteiger partial charge in [0.05, 0.1) is 25.0 Å². The van der Waals surface area contributed by atoms with E-state index < -0.39 is 0 Å². The molecule has 2 fully saturated rings. The molecule has 0 amide bonds. The van der Waals surface area contributed by atoms with Gasteiger partial charge in [-0.05, 0) is 19.4 Å². The van der Waals surface area contributed by atoms with Crippen LogP contribution in [0.1, 0.15) is 17.0 Å². The smallest absolute Gasteiger partial charge is 0.225 e. The number of aryl methyl sites for hydroxylation is 1. The summed E-state index contributed by atoms with van der Waals surface area (Å²) >= 11 is 0. The molecule has 0 bridgehead atoms. The van der Waals surface area contributed by atoms with Crippen LogP contribution in [0.3, 0.4) is 0 Å². The third-order valence-electron chi connectivity index (χ3n) is 5.10. The maximum absolute atomic E-state index is 10.4. The molecule has 0 unspecified atom stereocenters. The van der Waals surface area contributed by atoms with E-state index in [1.165, 1.54) is 0 Å². The Hall–Kier alpha value is -2.03. The molecule has 2 aromatic heterocycles. The number of ether oxygens (including phenoxy) is 1. The number of hydrogen-bond acceptors (Lipinski definition) is 7. The van der Waals surface area contributed by atoms with Crippen molar-refractivity contribution in [1.29, 1.82) is 0 Å². The number of β-amino-alcohol motifs (C(OH)–C–C–N with tert-alkyl or cyclic N) is 1. The van der Waals surface area contributed by atoms with Gasteiger partial charge < -0.3 is 14.7 Å². The number of hydrogen-bond donors (Lipinski definition) is 2. The SMILES string of the molecule is Cc1cc(C[C@@H]2CN(Cc3cnc(N4CCOCC4)nc3)C[C@@H]2O)n[nH]1. The second-order valence-electron chi connectivity index (χ2n) is 7.26. The second-order valence-corrected chi connectivity index (χ2v) is 7.26. The van der Waals surface area contributed by atoms with E-state index in [2.05, 4.69) is 30.0 Å². The van der Waals surface area contributed by atoms with E-state index in [1.807, 2.05) is 25.4 Å².